The third-order valence-corrected chi connectivity index (χ3v) is 2.57. The SMILES string of the molecule is CCc1c(F)ccc(F)c1Cc1ncc[nH]1. The van der Waals surface area contributed by atoms with Crippen LogP contribution in [0.1, 0.15) is 23.9 Å². The molecule has 0 bridgehead atoms. The summed E-state index contributed by atoms with van der Waals surface area (Å²) in [6.07, 6.45) is 4.02. The van der Waals surface area contributed by atoms with Crippen molar-refractivity contribution in [1.82, 2.24) is 9.97 Å². The molecule has 0 aliphatic carbocycles. The normalized spacial score (nSPS) is 10.7. The lowest BCUT2D eigenvalue weighted by Gasteiger charge is -2.08. The number of H-pyrrole nitrogens is 1. The largest absolute Gasteiger partial charge is 0.348 e. The standard InChI is InChI=1S/C12H12F2N2/c1-2-8-9(7-12-15-5-6-16-12)11(14)4-3-10(8)13/h3-6H,2,7H2,1H3,(H,15,16). The number of benzene rings is 1. The zero-order valence-corrected chi connectivity index (χ0v) is 8.93. The predicted octanol–water partition coefficient (Wildman–Crippen LogP) is 2.84. The van der Waals surface area contributed by atoms with Gasteiger partial charge in [-0.05, 0) is 24.1 Å². The summed E-state index contributed by atoms with van der Waals surface area (Å²) in [7, 11) is 0. The Bertz CT molecular complexity index is 478. The fraction of sp³-hybridized carbons (Fsp3) is 0.250. The van der Waals surface area contributed by atoms with E-state index < -0.39 is 0 Å². The number of aromatic amines is 1. The van der Waals surface area contributed by atoms with Crippen molar-refractivity contribution >= 4 is 0 Å². The van der Waals surface area contributed by atoms with Gasteiger partial charge >= 0.3 is 0 Å². The Morgan fingerprint density at radius 2 is 1.88 bits per heavy atom. The van der Waals surface area contributed by atoms with Crippen LogP contribution in [0, 0.1) is 11.6 Å². The minimum absolute atomic E-state index is 0.291. The van der Waals surface area contributed by atoms with E-state index in [1.807, 2.05) is 6.92 Å². The first-order chi connectivity index (χ1) is 7.72. The van der Waals surface area contributed by atoms with Crippen molar-refractivity contribution in [2.24, 2.45) is 0 Å². The van der Waals surface area contributed by atoms with Crippen LogP contribution in [0.2, 0.25) is 0 Å². The number of nitrogens with zero attached hydrogens (tertiary/aromatic N) is 1. The van der Waals surface area contributed by atoms with Gasteiger partial charge in [-0.2, -0.15) is 0 Å². The van der Waals surface area contributed by atoms with Gasteiger partial charge in [-0.3, -0.25) is 0 Å². The minimum atomic E-state index is -0.380. The number of imidazole rings is 1. The summed E-state index contributed by atoms with van der Waals surface area (Å²) in [6, 6.07) is 2.33. The van der Waals surface area contributed by atoms with E-state index in [-0.39, 0.29) is 11.6 Å². The van der Waals surface area contributed by atoms with E-state index in [0.717, 1.165) is 6.07 Å². The van der Waals surface area contributed by atoms with Gasteiger partial charge in [0.05, 0.1) is 0 Å². The molecule has 16 heavy (non-hydrogen) atoms. The summed E-state index contributed by atoms with van der Waals surface area (Å²) in [6.45, 7) is 1.81. The molecule has 1 aromatic heterocycles. The van der Waals surface area contributed by atoms with Crippen LogP contribution < -0.4 is 0 Å². The maximum absolute atomic E-state index is 13.6. The quantitative estimate of drug-likeness (QED) is 0.849. The van der Waals surface area contributed by atoms with Gasteiger partial charge in [0.15, 0.2) is 0 Å². The van der Waals surface area contributed by atoms with Gasteiger partial charge in [0, 0.05) is 24.4 Å². The van der Waals surface area contributed by atoms with Gasteiger partial charge in [0.1, 0.15) is 17.5 Å². The zero-order chi connectivity index (χ0) is 11.5. The fourth-order valence-electron chi connectivity index (χ4n) is 1.77. The van der Waals surface area contributed by atoms with Crippen molar-refractivity contribution in [2.75, 3.05) is 0 Å². The molecule has 0 saturated carbocycles. The highest BCUT2D eigenvalue weighted by Crippen LogP contribution is 2.20. The number of halogens is 2. The lowest BCUT2D eigenvalue weighted by molar-refractivity contribution is 0.574. The third-order valence-electron chi connectivity index (χ3n) is 2.57. The molecule has 0 unspecified atom stereocenters. The third kappa shape index (κ3) is 1.96. The summed E-state index contributed by atoms with van der Waals surface area (Å²) < 4.78 is 27.1. The molecule has 0 atom stereocenters. The zero-order valence-electron chi connectivity index (χ0n) is 8.93. The second kappa shape index (κ2) is 4.43. The van der Waals surface area contributed by atoms with Crippen molar-refractivity contribution in [2.45, 2.75) is 19.8 Å². The van der Waals surface area contributed by atoms with Crippen molar-refractivity contribution in [1.29, 1.82) is 0 Å². The molecular formula is C12H12F2N2. The highest BCUT2D eigenvalue weighted by Gasteiger charge is 2.13. The molecule has 0 aliphatic rings. The molecule has 1 aromatic carbocycles. The molecule has 0 amide bonds. The monoisotopic (exact) mass is 222 g/mol. The molecular weight excluding hydrogens is 210 g/mol. The van der Waals surface area contributed by atoms with Gasteiger partial charge in [-0.15, -0.1) is 0 Å². The molecule has 2 nitrogen and oxygen atoms in total. The Morgan fingerprint density at radius 1 is 1.19 bits per heavy atom. The summed E-state index contributed by atoms with van der Waals surface area (Å²) in [4.78, 5) is 6.90. The van der Waals surface area contributed by atoms with Crippen LogP contribution in [0.3, 0.4) is 0 Å². The van der Waals surface area contributed by atoms with E-state index in [1.165, 1.54) is 6.07 Å². The Hall–Kier alpha value is -1.71. The van der Waals surface area contributed by atoms with Gasteiger partial charge in [-0.25, -0.2) is 13.8 Å². The average Bonchev–Trinajstić information content (AvgIpc) is 2.77. The molecule has 0 radical (unpaired) electrons. The van der Waals surface area contributed by atoms with Crippen molar-refractivity contribution in [3.63, 3.8) is 0 Å². The lowest BCUT2D eigenvalue weighted by Crippen LogP contribution is -2.03. The van der Waals surface area contributed by atoms with E-state index in [1.54, 1.807) is 12.4 Å². The Labute approximate surface area is 92.3 Å². The predicted molar refractivity (Wildman–Crippen MR) is 57.1 cm³/mol. The topological polar surface area (TPSA) is 28.7 Å². The van der Waals surface area contributed by atoms with Gasteiger partial charge in [0.2, 0.25) is 0 Å². The first-order valence-electron chi connectivity index (χ1n) is 5.16. The average molecular weight is 222 g/mol. The fourth-order valence-corrected chi connectivity index (χ4v) is 1.77. The Kier molecular flexibility index (Phi) is 2.99. The molecule has 0 spiro atoms. The molecule has 4 heteroatoms. The molecule has 0 aliphatic heterocycles. The number of rotatable bonds is 3. The van der Waals surface area contributed by atoms with Crippen molar-refractivity contribution < 1.29 is 8.78 Å². The smallest absolute Gasteiger partial charge is 0.127 e. The molecule has 1 N–H and O–H groups in total. The second-order valence-corrected chi connectivity index (χ2v) is 3.55. The van der Waals surface area contributed by atoms with E-state index in [9.17, 15) is 8.78 Å². The number of hydrogen-bond acceptors (Lipinski definition) is 1. The van der Waals surface area contributed by atoms with Crippen molar-refractivity contribution in [3.8, 4) is 0 Å². The molecule has 84 valence electrons. The molecule has 1 heterocycles. The minimum Gasteiger partial charge on any atom is -0.348 e. The van der Waals surface area contributed by atoms with E-state index in [2.05, 4.69) is 9.97 Å². The summed E-state index contributed by atoms with van der Waals surface area (Å²) in [5.74, 6) is -0.0979. The summed E-state index contributed by atoms with van der Waals surface area (Å²) >= 11 is 0. The maximum atomic E-state index is 13.6. The van der Waals surface area contributed by atoms with Crippen LogP contribution in [0.15, 0.2) is 24.5 Å². The van der Waals surface area contributed by atoms with Gasteiger partial charge < -0.3 is 4.98 Å². The second-order valence-electron chi connectivity index (χ2n) is 3.55. The first-order valence-corrected chi connectivity index (χ1v) is 5.16. The summed E-state index contributed by atoms with van der Waals surface area (Å²) in [5, 5.41) is 0. The highest BCUT2D eigenvalue weighted by atomic mass is 19.1. The van der Waals surface area contributed by atoms with Crippen LogP contribution >= 0.6 is 0 Å². The van der Waals surface area contributed by atoms with E-state index >= 15 is 0 Å². The van der Waals surface area contributed by atoms with Crippen LogP contribution in [-0.4, -0.2) is 9.97 Å². The first kappa shape index (κ1) is 10.8. The van der Waals surface area contributed by atoms with Gasteiger partial charge in [-0.1, -0.05) is 6.92 Å². The lowest BCUT2D eigenvalue weighted by atomic mass is 10.0. The Morgan fingerprint density at radius 3 is 2.44 bits per heavy atom. The van der Waals surface area contributed by atoms with Crippen molar-refractivity contribution in [3.05, 3.63) is 53.1 Å². The number of aromatic nitrogens is 2. The van der Waals surface area contributed by atoms with Gasteiger partial charge in [0.25, 0.3) is 0 Å². The number of nitrogens with one attached hydrogen (secondary N) is 1. The summed E-state index contributed by atoms with van der Waals surface area (Å²) in [5.41, 5.74) is 0.814. The van der Waals surface area contributed by atoms with Crippen LogP contribution in [-0.2, 0) is 12.8 Å². The number of hydrogen-bond donors (Lipinski definition) is 1. The van der Waals surface area contributed by atoms with Crippen LogP contribution in [0.5, 0.6) is 0 Å². The Balaban J connectivity index is 2.42. The molecule has 0 saturated heterocycles. The molecule has 0 fully saturated rings. The van der Waals surface area contributed by atoms with Crippen LogP contribution in [0.25, 0.3) is 0 Å². The molecule has 2 rings (SSSR count). The van der Waals surface area contributed by atoms with Crippen LogP contribution in [0.4, 0.5) is 8.78 Å². The van der Waals surface area contributed by atoms with E-state index in [0.29, 0.717) is 29.8 Å². The highest BCUT2D eigenvalue weighted by molar-refractivity contribution is 5.32. The molecule has 2 aromatic rings. The maximum Gasteiger partial charge on any atom is 0.127 e. The van der Waals surface area contributed by atoms with E-state index in [4.69, 9.17) is 0 Å².